The number of rotatable bonds is 5. The molecule has 11 heteroatoms. The highest BCUT2D eigenvalue weighted by molar-refractivity contribution is 7.89. The first kappa shape index (κ1) is 25.6. The van der Waals surface area contributed by atoms with Crippen molar-refractivity contribution < 1.29 is 17.6 Å². The average Bonchev–Trinajstić information content (AvgIpc) is 3.34. The summed E-state index contributed by atoms with van der Waals surface area (Å²) in [6.45, 7) is 2.60. The molecule has 202 valence electrons. The van der Waals surface area contributed by atoms with E-state index in [0.29, 0.717) is 18.9 Å². The summed E-state index contributed by atoms with van der Waals surface area (Å²) in [4.78, 5) is 19.1. The van der Waals surface area contributed by atoms with E-state index in [1.54, 1.807) is 23.1 Å². The molecular formula is C28H29FN6O3S. The first-order chi connectivity index (χ1) is 18.6. The van der Waals surface area contributed by atoms with Crippen LogP contribution in [0.15, 0.2) is 66.0 Å². The molecule has 0 atom stereocenters. The zero-order valence-electron chi connectivity index (χ0n) is 21.8. The van der Waals surface area contributed by atoms with Gasteiger partial charge in [-0.2, -0.15) is 9.40 Å². The number of carbonyl (C=O) groups is 1. The fourth-order valence-electron chi connectivity index (χ4n) is 5.41. The third-order valence-corrected chi connectivity index (χ3v) is 9.69. The number of pyridine rings is 1. The Labute approximate surface area is 226 Å². The van der Waals surface area contributed by atoms with E-state index in [9.17, 15) is 17.6 Å². The number of likely N-dealkylation sites (tertiary alicyclic amines) is 1. The van der Waals surface area contributed by atoms with Gasteiger partial charge in [-0.1, -0.05) is 12.1 Å². The number of anilines is 1. The van der Waals surface area contributed by atoms with Gasteiger partial charge in [-0.15, -0.1) is 0 Å². The monoisotopic (exact) mass is 548 g/mol. The number of fused-ring (bicyclic) bond motifs is 1. The van der Waals surface area contributed by atoms with Gasteiger partial charge in [-0.05, 0) is 74.3 Å². The summed E-state index contributed by atoms with van der Waals surface area (Å²) in [6, 6.07) is 11.1. The van der Waals surface area contributed by atoms with Gasteiger partial charge < -0.3 is 10.2 Å². The van der Waals surface area contributed by atoms with E-state index in [1.165, 1.54) is 10.4 Å². The number of hydrogen-bond donors (Lipinski definition) is 1. The summed E-state index contributed by atoms with van der Waals surface area (Å²) in [6.07, 6.45) is 7.19. The Morgan fingerprint density at radius 3 is 2.46 bits per heavy atom. The number of amides is 1. The van der Waals surface area contributed by atoms with Crippen molar-refractivity contribution in [3.63, 3.8) is 0 Å². The molecular weight excluding hydrogens is 519 g/mol. The molecule has 2 saturated heterocycles. The molecule has 2 aromatic heterocycles. The maximum absolute atomic E-state index is 14.8. The molecule has 2 aliphatic rings. The summed E-state index contributed by atoms with van der Waals surface area (Å²) in [5.74, 6) is -1.14. The van der Waals surface area contributed by atoms with Crippen LogP contribution in [-0.4, -0.2) is 71.5 Å². The van der Waals surface area contributed by atoms with Crippen LogP contribution < -0.4 is 5.32 Å². The molecule has 9 nitrogen and oxygen atoms in total. The van der Waals surface area contributed by atoms with E-state index < -0.39 is 26.6 Å². The van der Waals surface area contributed by atoms with Crippen LogP contribution in [0.5, 0.6) is 0 Å². The van der Waals surface area contributed by atoms with Crippen molar-refractivity contribution in [2.24, 2.45) is 12.5 Å². The Morgan fingerprint density at radius 2 is 1.74 bits per heavy atom. The number of nitrogens with zero attached hydrogens (tertiary/aromatic N) is 5. The molecule has 4 aromatic rings. The van der Waals surface area contributed by atoms with Crippen molar-refractivity contribution in [3.8, 4) is 11.1 Å². The molecule has 1 N–H and O–H groups in total. The number of carbonyl (C=O) groups excluding carboxylic acids is 1. The van der Waals surface area contributed by atoms with Crippen LogP contribution in [-0.2, 0) is 17.1 Å². The lowest BCUT2D eigenvalue weighted by atomic mass is 9.73. The third kappa shape index (κ3) is 4.81. The standard InChI is InChI=1S/C28H29FN6O3S/c1-33-9-7-28(8-10-33)17-35(18-28)39(37,38)25-12-20(5-6-24(25)29)27(36)32-26-13-22-11-19(3-4-21(22)14-30-26)23-15-31-34(2)16-23/h3-6,11-16H,7-10,17-18H2,1-2H3,(H,30,32,36). The Kier molecular flexibility index (Phi) is 6.24. The molecule has 1 spiro atoms. The first-order valence-electron chi connectivity index (χ1n) is 12.8. The van der Waals surface area contributed by atoms with E-state index in [4.69, 9.17) is 0 Å². The van der Waals surface area contributed by atoms with Crippen LogP contribution in [0.1, 0.15) is 23.2 Å². The fourth-order valence-corrected chi connectivity index (χ4v) is 7.17. The zero-order chi connectivity index (χ0) is 27.4. The molecule has 1 amide bonds. The van der Waals surface area contributed by atoms with Crippen LogP contribution in [0.3, 0.4) is 0 Å². The van der Waals surface area contributed by atoms with Gasteiger partial charge >= 0.3 is 0 Å². The largest absolute Gasteiger partial charge is 0.307 e. The maximum atomic E-state index is 14.8. The van der Waals surface area contributed by atoms with Gasteiger partial charge in [0.15, 0.2) is 0 Å². The third-order valence-electron chi connectivity index (χ3n) is 7.88. The highest BCUT2D eigenvalue weighted by Gasteiger charge is 2.49. The predicted molar refractivity (Wildman–Crippen MR) is 146 cm³/mol. The second-order valence-electron chi connectivity index (χ2n) is 10.7. The van der Waals surface area contributed by atoms with Gasteiger partial charge in [-0.25, -0.2) is 17.8 Å². The van der Waals surface area contributed by atoms with Crippen LogP contribution >= 0.6 is 0 Å². The smallest absolute Gasteiger partial charge is 0.256 e. The fraction of sp³-hybridized carbons (Fsp3) is 0.321. The summed E-state index contributed by atoms with van der Waals surface area (Å²) in [7, 11) is -0.161. The van der Waals surface area contributed by atoms with Gasteiger partial charge in [0.2, 0.25) is 10.0 Å². The highest BCUT2D eigenvalue weighted by atomic mass is 32.2. The van der Waals surface area contributed by atoms with Crippen molar-refractivity contribution in [3.05, 3.63) is 72.4 Å². The SMILES string of the molecule is CN1CCC2(CC1)CN(S(=O)(=O)c1cc(C(=O)Nc3cc4cc(-c5cnn(C)c5)ccc4cn3)ccc1F)C2. The Bertz CT molecular complexity index is 1690. The Balaban J connectivity index is 1.21. The van der Waals surface area contributed by atoms with E-state index in [0.717, 1.165) is 60.0 Å². The maximum Gasteiger partial charge on any atom is 0.256 e. The summed E-state index contributed by atoms with van der Waals surface area (Å²) in [5, 5.41) is 8.69. The number of piperidine rings is 1. The Hall–Kier alpha value is -3.67. The number of aromatic nitrogens is 3. The number of aryl methyl sites for hydroxylation is 1. The molecule has 0 saturated carbocycles. The van der Waals surface area contributed by atoms with Crippen LogP contribution in [0.2, 0.25) is 0 Å². The predicted octanol–water partition coefficient (Wildman–Crippen LogP) is 3.74. The molecule has 2 aliphatic heterocycles. The van der Waals surface area contributed by atoms with Gasteiger partial charge in [0, 0.05) is 54.5 Å². The molecule has 2 fully saturated rings. The first-order valence-corrected chi connectivity index (χ1v) is 14.2. The topological polar surface area (TPSA) is 100 Å². The molecule has 6 rings (SSSR count). The Morgan fingerprint density at radius 1 is 0.974 bits per heavy atom. The van der Waals surface area contributed by atoms with E-state index in [2.05, 4.69) is 27.3 Å². The van der Waals surface area contributed by atoms with Crippen molar-refractivity contribution in [2.75, 3.05) is 38.5 Å². The quantitative estimate of drug-likeness (QED) is 0.408. The number of nitrogens with one attached hydrogen (secondary N) is 1. The normalized spacial score (nSPS) is 17.8. The molecule has 4 heterocycles. The summed E-state index contributed by atoms with van der Waals surface area (Å²) < 4.78 is 44.4. The van der Waals surface area contributed by atoms with Gasteiger partial charge in [0.05, 0.1) is 6.20 Å². The molecule has 0 radical (unpaired) electrons. The summed E-state index contributed by atoms with van der Waals surface area (Å²) >= 11 is 0. The number of hydrogen-bond acceptors (Lipinski definition) is 6. The van der Waals surface area contributed by atoms with E-state index in [-0.39, 0.29) is 11.0 Å². The molecule has 0 unspecified atom stereocenters. The van der Waals surface area contributed by atoms with Gasteiger partial charge in [0.1, 0.15) is 16.5 Å². The van der Waals surface area contributed by atoms with Crippen molar-refractivity contribution in [2.45, 2.75) is 17.7 Å². The van der Waals surface area contributed by atoms with E-state index >= 15 is 0 Å². The average molecular weight is 549 g/mol. The van der Waals surface area contributed by atoms with Gasteiger partial charge in [-0.3, -0.25) is 9.48 Å². The number of benzene rings is 2. The van der Waals surface area contributed by atoms with Crippen molar-refractivity contribution in [1.82, 2.24) is 24.0 Å². The number of sulfonamides is 1. The van der Waals surface area contributed by atoms with Crippen LogP contribution in [0, 0.1) is 11.2 Å². The van der Waals surface area contributed by atoms with Crippen molar-refractivity contribution >= 4 is 32.5 Å². The molecule has 39 heavy (non-hydrogen) atoms. The molecule has 2 aromatic carbocycles. The second kappa shape index (κ2) is 9.51. The lowest BCUT2D eigenvalue weighted by molar-refractivity contribution is 0.00741. The lowest BCUT2D eigenvalue weighted by Gasteiger charge is -2.52. The minimum absolute atomic E-state index is 0.0375. The van der Waals surface area contributed by atoms with Crippen LogP contribution in [0.25, 0.3) is 21.9 Å². The minimum atomic E-state index is -4.07. The molecule has 0 aliphatic carbocycles. The second-order valence-corrected chi connectivity index (χ2v) is 12.6. The highest BCUT2D eigenvalue weighted by Crippen LogP contribution is 2.43. The van der Waals surface area contributed by atoms with Crippen molar-refractivity contribution in [1.29, 1.82) is 0 Å². The van der Waals surface area contributed by atoms with Crippen LogP contribution in [0.4, 0.5) is 10.2 Å². The summed E-state index contributed by atoms with van der Waals surface area (Å²) in [5.41, 5.74) is 1.94. The lowest BCUT2D eigenvalue weighted by Crippen LogP contribution is -2.61. The zero-order valence-corrected chi connectivity index (χ0v) is 22.6. The minimum Gasteiger partial charge on any atom is -0.307 e. The number of halogens is 1. The van der Waals surface area contributed by atoms with Gasteiger partial charge in [0.25, 0.3) is 5.91 Å². The van der Waals surface area contributed by atoms with E-state index in [1.807, 2.05) is 31.4 Å². The molecule has 0 bridgehead atoms.